The maximum absolute atomic E-state index is 10.9. The summed E-state index contributed by atoms with van der Waals surface area (Å²) in [7, 11) is 0. The number of primary amides is 1. The van der Waals surface area contributed by atoms with Crippen LogP contribution in [-0.2, 0) is 6.42 Å². The summed E-state index contributed by atoms with van der Waals surface area (Å²) in [6.45, 7) is 0. The number of fused-ring (bicyclic) bond motifs is 3. The second-order valence-corrected chi connectivity index (χ2v) is 5.33. The lowest BCUT2D eigenvalue weighted by atomic mass is 10.1. The lowest BCUT2D eigenvalue weighted by molar-refractivity contribution is 0.259. The largest absolute Gasteiger partial charge is 0.351 e. The van der Waals surface area contributed by atoms with Gasteiger partial charge in [0.1, 0.15) is 0 Å². The van der Waals surface area contributed by atoms with E-state index < -0.39 is 6.03 Å². The van der Waals surface area contributed by atoms with Gasteiger partial charge in [-0.2, -0.15) is 5.10 Å². The average molecular weight is 290 g/mol. The van der Waals surface area contributed by atoms with Crippen LogP contribution in [-0.4, -0.2) is 16.2 Å². The lowest BCUT2D eigenvalue weighted by Gasteiger charge is -2.04. The van der Waals surface area contributed by atoms with E-state index in [0.29, 0.717) is 5.69 Å². The van der Waals surface area contributed by atoms with Gasteiger partial charge in [0, 0.05) is 28.8 Å². The number of nitrogens with zero attached hydrogens (tertiary/aromatic N) is 1. The Bertz CT molecular complexity index is 865. The molecule has 0 saturated carbocycles. The molecule has 0 fully saturated rings. The van der Waals surface area contributed by atoms with Gasteiger partial charge in [-0.25, -0.2) is 4.79 Å². The number of hydrogen-bond acceptors (Lipinski definition) is 2. The van der Waals surface area contributed by atoms with Crippen molar-refractivity contribution in [1.29, 1.82) is 0 Å². The topological polar surface area (TPSA) is 83.8 Å². The van der Waals surface area contributed by atoms with Crippen molar-refractivity contribution in [3.63, 3.8) is 0 Å². The molecule has 3 aromatic rings. The molecule has 1 aliphatic carbocycles. The van der Waals surface area contributed by atoms with Gasteiger partial charge in [-0.1, -0.05) is 36.4 Å². The molecule has 0 spiro atoms. The Labute approximate surface area is 127 Å². The Hall–Kier alpha value is -3.08. The molecule has 2 aromatic carbocycles. The third-order valence-corrected chi connectivity index (χ3v) is 3.95. The van der Waals surface area contributed by atoms with Crippen molar-refractivity contribution >= 4 is 11.7 Å². The Morgan fingerprint density at radius 2 is 1.91 bits per heavy atom. The summed E-state index contributed by atoms with van der Waals surface area (Å²) in [6, 6.07) is 15.3. The summed E-state index contributed by atoms with van der Waals surface area (Å²) in [6.07, 6.45) is 0.888. The summed E-state index contributed by atoms with van der Waals surface area (Å²) in [4.78, 5) is 10.9. The van der Waals surface area contributed by atoms with E-state index >= 15 is 0 Å². The number of urea groups is 1. The molecule has 0 saturated heterocycles. The van der Waals surface area contributed by atoms with E-state index in [1.165, 1.54) is 16.7 Å². The van der Waals surface area contributed by atoms with Crippen molar-refractivity contribution in [3.8, 4) is 22.5 Å². The number of amides is 2. The highest BCUT2D eigenvalue weighted by atomic mass is 16.2. The molecule has 0 atom stereocenters. The summed E-state index contributed by atoms with van der Waals surface area (Å²) in [5.41, 5.74) is 12.6. The van der Waals surface area contributed by atoms with E-state index in [0.717, 1.165) is 23.4 Å². The van der Waals surface area contributed by atoms with Crippen LogP contribution in [0.3, 0.4) is 0 Å². The van der Waals surface area contributed by atoms with Crippen LogP contribution in [0.15, 0.2) is 48.5 Å². The first kappa shape index (κ1) is 12.6. The van der Waals surface area contributed by atoms with Crippen LogP contribution >= 0.6 is 0 Å². The second-order valence-electron chi connectivity index (χ2n) is 5.33. The molecule has 0 bridgehead atoms. The van der Waals surface area contributed by atoms with Crippen molar-refractivity contribution in [3.05, 3.63) is 59.7 Å². The van der Waals surface area contributed by atoms with Crippen LogP contribution in [0, 0.1) is 0 Å². The molecule has 22 heavy (non-hydrogen) atoms. The number of H-pyrrole nitrogens is 1. The Morgan fingerprint density at radius 1 is 1.14 bits per heavy atom. The number of aromatic amines is 1. The molecule has 2 amide bonds. The van der Waals surface area contributed by atoms with Gasteiger partial charge in [-0.3, -0.25) is 5.10 Å². The first-order valence-electron chi connectivity index (χ1n) is 7.05. The number of rotatable bonds is 2. The molecule has 0 unspecified atom stereocenters. The maximum Gasteiger partial charge on any atom is 0.316 e. The average Bonchev–Trinajstić information content (AvgIpc) is 3.06. The van der Waals surface area contributed by atoms with Crippen molar-refractivity contribution in [1.82, 2.24) is 10.2 Å². The number of nitrogens with one attached hydrogen (secondary N) is 2. The van der Waals surface area contributed by atoms with Crippen molar-refractivity contribution in [2.24, 2.45) is 5.73 Å². The van der Waals surface area contributed by atoms with Crippen LogP contribution < -0.4 is 11.1 Å². The zero-order valence-corrected chi connectivity index (χ0v) is 11.8. The normalized spacial score (nSPS) is 11.8. The number of hydrogen-bond donors (Lipinski definition) is 3. The lowest BCUT2D eigenvalue weighted by Crippen LogP contribution is -2.19. The van der Waals surface area contributed by atoms with Gasteiger partial charge < -0.3 is 11.1 Å². The van der Waals surface area contributed by atoms with Crippen molar-refractivity contribution < 1.29 is 4.79 Å². The smallest absolute Gasteiger partial charge is 0.316 e. The molecule has 5 nitrogen and oxygen atoms in total. The molecule has 1 aromatic heterocycles. The molecule has 4 rings (SSSR count). The number of benzene rings is 2. The van der Waals surface area contributed by atoms with Crippen LogP contribution in [0.25, 0.3) is 22.5 Å². The maximum atomic E-state index is 10.9. The highest BCUT2D eigenvalue weighted by Gasteiger charge is 2.24. The first-order chi connectivity index (χ1) is 10.7. The fourth-order valence-electron chi connectivity index (χ4n) is 2.96. The standard InChI is InChI=1S/C17H14N4O/c18-17(22)19-12-7-5-10(6-8-12)15-14-9-11-3-1-2-4-13(11)16(14)21-20-15/h1-8H,9H2,(H,20,21)(H3,18,19,22). The van der Waals surface area contributed by atoms with Crippen LogP contribution in [0.1, 0.15) is 11.1 Å². The number of carbonyl (C=O) groups is 1. The minimum Gasteiger partial charge on any atom is -0.351 e. The van der Waals surface area contributed by atoms with Gasteiger partial charge in [-0.15, -0.1) is 0 Å². The molecule has 0 aliphatic heterocycles. The van der Waals surface area contributed by atoms with Gasteiger partial charge in [0.15, 0.2) is 0 Å². The zero-order chi connectivity index (χ0) is 15.1. The number of anilines is 1. The monoisotopic (exact) mass is 290 g/mol. The van der Waals surface area contributed by atoms with E-state index in [1.54, 1.807) is 0 Å². The van der Waals surface area contributed by atoms with E-state index in [4.69, 9.17) is 5.73 Å². The molecular formula is C17H14N4O. The SMILES string of the molecule is NC(=O)Nc1ccc(-c2n[nH]c3c2Cc2ccccc2-3)cc1. The van der Waals surface area contributed by atoms with Gasteiger partial charge in [0.2, 0.25) is 0 Å². The Balaban J connectivity index is 1.71. The van der Waals surface area contributed by atoms with Crippen molar-refractivity contribution in [2.75, 3.05) is 5.32 Å². The van der Waals surface area contributed by atoms with Gasteiger partial charge >= 0.3 is 6.03 Å². The summed E-state index contributed by atoms with van der Waals surface area (Å²) in [5.74, 6) is 0. The summed E-state index contributed by atoms with van der Waals surface area (Å²) < 4.78 is 0. The van der Waals surface area contributed by atoms with E-state index in [2.05, 4.69) is 33.7 Å². The molecule has 108 valence electrons. The van der Waals surface area contributed by atoms with Gasteiger partial charge in [-0.05, 0) is 17.7 Å². The molecule has 1 heterocycles. The van der Waals surface area contributed by atoms with Crippen LogP contribution in [0.2, 0.25) is 0 Å². The molecule has 5 heteroatoms. The Morgan fingerprint density at radius 3 is 2.68 bits per heavy atom. The molecule has 1 aliphatic rings. The molecule has 0 radical (unpaired) electrons. The third kappa shape index (κ3) is 1.95. The van der Waals surface area contributed by atoms with Gasteiger partial charge in [0.05, 0.1) is 11.4 Å². The fourth-order valence-corrected chi connectivity index (χ4v) is 2.96. The van der Waals surface area contributed by atoms with Crippen molar-refractivity contribution in [2.45, 2.75) is 6.42 Å². The van der Waals surface area contributed by atoms with E-state index in [-0.39, 0.29) is 0 Å². The minimum atomic E-state index is -0.566. The zero-order valence-electron chi connectivity index (χ0n) is 11.8. The van der Waals surface area contributed by atoms with Gasteiger partial charge in [0.25, 0.3) is 0 Å². The highest BCUT2D eigenvalue weighted by Crippen LogP contribution is 2.39. The number of aromatic nitrogens is 2. The highest BCUT2D eigenvalue weighted by molar-refractivity contribution is 5.88. The third-order valence-electron chi connectivity index (χ3n) is 3.95. The number of carbonyl (C=O) groups excluding carboxylic acids is 1. The summed E-state index contributed by atoms with van der Waals surface area (Å²) >= 11 is 0. The fraction of sp³-hybridized carbons (Fsp3) is 0.0588. The molecule has 4 N–H and O–H groups in total. The summed E-state index contributed by atoms with van der Waals surface area (Å²) in [5, 5.41) is 10.2. The predicted octanol–water partition coefficient (Wildman–Crippen LogP) is 3.14. The van der Waals surface area contributed by atoms with Crippen LogP contribution in [0.5, 0.6) is 0 Å². The Kier molecular flexibility index (Phi) is 2.72. The molecular weight excluding hydrogens is 276 g/mol. The van der Waals surface area contributed by atoms with E-state index in [9.17, 15) is 4.79 Å². The van der Waals surface area contributed by atoms with E-state index in [1.807, 2.05) is 30.3 Å². The first-order valence-corrected chi connectivity index (χ1v) is 7.05. The van der Waals surface area contributed by atoms with Crippen LogP contribution in [0.4, 0.5) is 10.5 Å². The minimum absolute atomic E-state index is 0.566. The number of nitrogens with two attached hydrogens (primary N) is 1. The predicted molar refractivity (Wildman–Crippen MR) is 85.5 cm³/mol. The second kappa shape index (κ2) is 4.73. The quantitative estimate of drug-likeness (QED) is 0.530.